The molecule has 7 nitrogen and oxygen atoms in total. The van der Waals surface area contributed by atoms with Gasteiger partial charge in [0.15, 0.2) is 0 Å². The van der Waals surface area contributed by atoms with Gasteiger partial charge in [-0.1, -0.05) is 44.9 Å². The molecule has 3 N–H and O–H groups in total. The molecule has 0 amide bonds. The van der Waals surface area contributed by atoms with Gasteiger partial charge in [0.1, 0.15) is 6.10 Å². The third kappa shape index (κ3) is 9.07. The minimum Gasteiger partial charge on any atom is -0.550 e. The van der Waals surface area contributed by atoms with Crippen molar-refractivity contribution in [3.8, 4) is 0 Å². The fourth-order valence-corrected chi connectivity index (χ4v) is 5.10. The van der Waals surface area contributed by atoms with Crippen molar-refractivity contribution >= 4 is 11.9 Å². The van der Waals surface area contributed by atoms with Crippen molar-refractivity contribution in [1.29, 1.82) is 0 Å². The summed E-state index contributed by atoms with van der Waals surface area (Å²) in [5, 5.41) is 41.2. The van der Waals surface area contributed by atoms with Crippen LogP contribution in [0.4, 0.5) is 0 Å². The number of hydrogen-bond acceptors (Lipinski definition) is 7. The molecular weight excluding hydrogens is 447 g/mol. The average Bonchev–Trinajstić information content (AvgIpc) is 2.70. The van der Waals surface area contributed by atoms with Crippen LogP contribution < -0.4 is 34.7 Å². The van der Waals surface area contributed by atoms with E-state index in [1.165, 1.54) is 0 Å². The van der Waals surface area contributed by atoms with Gasteiger partial charge in [-0.15, -0.1) is 0 Å². The van der Waals surface area contributed by atoms with Gasteiger partial charge in [-0.3, -0.25) is 4.79 Å². The summed E-state index contributed by atoms with van der Waals surface area (Å²) in [5.41, 5.74) is 0.353. The Morgan fingerprint density at radius 3 is 2.56 bits per heavy atom. The molecule has 0 unspecified atom stereocenters. The standard InChI is InChI=1S/C26H42O7.Na/c1-5-6-11-26(3,4)25(32)33-22-14-19(28)12-17-8-7-16(2)21(24(17)22)10-9-18(27)13-20(29)15-23(30)31;/h7-8,12,16,18-22,24,27-29H,5-6,9-11,13-15H2,1-4H3,(H,30,31);/q;+1/p-1/t16-,18-,19-,20-,21+,22-,24+;/m1./s1. The summed E-state index contributed by atoms with van der Waals surface area (Å²) in [6, 6.07) is 0. The molecule has 0 aromatic rings. The number of allylic oxidation sites excluding steroid dienone is 2. The number of aliphatic carboxylic acids is 1. The number of carboxylic acid groups (broad SMARTS) is 1. The Morgan fingerprint density at radius 2 is 1.94 bits per heavy atom. The minimum atomic E-state index is -1.34. The van der Waals surface area contributed by atoms with E-state index in [9.17, 15) is 30.0 Å². The molecule has 0 saturated carbocycles. The normalized spacial score (nSPS) is 28.2. The maximum atomic E-state index is 13.0. The van der Waals surface area contributed by atoms with Crippen LogP contribution in [0.1, 0.15) is 79.1 Å². The molecule has 2 rings (SSSR count). The van der Waals surface area contributed by atoms with Crippen LogP contribution >= 0.6 is 0 Å². The molecule has 0 fully saturated rings. The van der Waals surface area contributed by atoms with Crippen LogP contribution in [0.15, 0.2) is 23.8 Å². The first-order chi connectivity index (χ1) is 15.4. The predicted octanol–water partition coefficient (Wildman–Crippen LogP) is -0.720. The summed E-state index contributed by atoms with van der Waals surface area (Å²) < 4.78 is 6.04. The predicted molar refractivity (Wildman–Crippen MR) is 123 cm³/mol. The summed E-state index contributed by atoms with van der Waals surface area (Å²) >= 11 is 0. The van der Waals surface area contributed by atoms with Crippen molar-refractivity contribution in [3.63, 3.8) is 0 Å². The molecule has 0 aromatic carbocycles. The molecule has 0 bridgehead atoms. The number of carbonyl (C=O) groups is 2. The van der Waals surface area contributed by atoms with Crippen molar-refractivity contribution < 1.29 is 64.3 Å². The summed E-state index contributed by atoms with van der Waals surface area (Å²) in [6.45, 7) is 7.97. The van der Waals surface area contributed by atoms with E-state index in [4.69, 9.17) is 4.74 Å². The van der Waals surface area contributed by atoms with Crippen molar-refractivity contribution in [2.45, 2.75) is 103 Å². The fourth-order valence-electron chi connectivity index (χ4n) is 5.10. The van der Waals surface area contributed by atoms with E-state index in [2.05, 4.69) is 19.9 Å². The van der Waals surface area contributed by atoms with Crippen LogP contribution in [0.25, 0.3) is 0 Å². The first kappa shape index (κ1) is 31.3. The smallest absolute Gasteiger partial charge is 0.550 e. The number of hydrogen-bond donors (Lipinski definition) is 3. The van der Waals surface area contributed by atoms with Crippen LogP contribution in [-0.2, 0) is 14.3 Å². The number of rotatable bonds is 12. The molecule has 0 aromatic heterocycles. The van der Waals surface area contributed by atoms with Crippen molar-refractivity contribution in [3.05, 3.63) is 23.8 Å². The van der Waals surface area contributed by atoms with Gasteiger partial charge in [0.25, 0.3) is 0 Å². The van der Waals surface area contributed by atoms with E-state index in [0.29, 0.717) is 19.3 Å². The maximum absolute atomic E-state index is 13.0. The number of fused-ring (bicyclic) bond motifs is 1. The number of esters is 1. The van der Waals surface area contributed by atoms with Gasteiger partial charge in [0.05, 0.1) is 23.7 Å². The number of aliphatic hydroxyl groups is 3. The van der Waals surface area contributed by atoms with E-state index >= 15 is 0 Å². The van der Waals surface area contributed by atoms with Crippen LogP contribution in [0, 0.1) is 23.2 Å². The molecule has 0 aliphatic heterocycles. The molecule has 0 radical (unpaired) electrons. The molecule has 188 valence electrons. The second-order valence-electron chi connectivity index (χ2n) is 10.5. The SMILES string of the molecule is CCCCC(C)(C)C(=O)O[C@@H]1C[C@H](O)C=C2C=C[C@@H](C)[C@H](CC[C@@H](O)C[C@@H](O)CC(=O)[O-])[C@H]21.[Na+]. The summed E-state index contributed by atoms with van der Waals surface area (Å²) in [7, 11) is 0. The zero-order valence-corrected chi connectivity index (χ0v) is 23.4. The molecule has 34 heavy (non-hydrogen) atoms. The van der Waals surface area contributed by atoms with E-state index < -0.39 is 42.2 Å². The van der Waals surface area contributed by atoms with Crippen molar-refractivity contribution in [1.82, 2.24) is 0 Å². The second-order valence-corrected chi connectivity index (χ2v) is 10.5. The summed E-state index contributed by atoms with van der Waals surface area (Å²) in [6.07, 6.45) is 6.28. The van der Waals surface area contributed by atoms with E-state index in [1.807, 2.05) is 26.0 Å². The molecule has 2 aliphatic rings. The first-order valence-electron chi connectivity index (χ1n) is 12.3. The number of carbonyl (C=O) groups excluding carboxylic acids is 2. The van der Waals surface area contributed by atoms with Crippen molar-refractivity contribution in [2.24, 2.45) is 23.2 Å². The fraction of sp³-hybridized carbons (Fsp3) is 0.769. The second kappa shape index (κ2) is 14.1. The molecule has 0 heterocycles. The molecule has 0 saturated heterocycles. The van der Waals surface area contributed by atoms with Crippen LogP contribution in [-0.4, -0.2) is 51.7 Å². The third-order valence-corrected chi connectivity index (χ3v) is 7.12. The number of carboxylic acids is 1. The van der Waals surface area contributed by atoms with E-state index in [1.54, 1.807) is 0 Å². The Balaban J connectivity index is 0.00000578. The maximum Gasteiger partial charge on any atom is 1.00 e. The molecular formula is C26H41NaO7. The van der Waals surface area contributed by atoms with Gasteiger partial charge in [-0.25, -0.2) is 0 Å². The largest absolute Gasteiger partial charge is 1.00 e. The Labute approximate surface area is 225 Å². The Bertz CT molecular complexity index is 733. The minimum absolute atomic E-state index is 0. The van der Waals surface area contributed by atoms with E-state index in [-0.39, 0.29) is 59.7 Å². The van der Waals surface area contributed by atoms with Gasteiger partial charge in [-0.2, -0.15) is 0 Å². The van der Waals surface area contributed by atoms with Gasteiger partial charge in [-0.05, 0) is 56.9 Å². The number of aliphatic hydroxyl groups excluding tert-OH is 3. The van der Waals surface area contributed by atoms with Gasteiger partial charge < -0.3 is 30.0 Å². The Kier molecular flexibility index (Phi) is 13.0. The first-order valence-corrected chi connectivity index (χ1v) is 12.3. The monoisotopic (exact) mass is 488 g/mol. The van der Waals surface area contributed by atoms with Gasteiger partial charge in [0, 0.05) is 24.7 Å². The third-order valence-electron chi connectivity index (χ3n) is 7.12. The zero-order valence-electron chi connectivity index (χ0n) is 21.4. The van der Waals surface area contributed by atoms with Crippen LogP contribution in [0.2, 0.25) is 0 Å². The molecule has 2 aliphatic carbocycles. The topological polar surface area (TPSA) is 127 Å². The van der Waals surface area contributed by atoms with E-state index in [0.717, 1.165) is 24.8 Å². The molecule has 8 heteroatoms. The zero-order chi connectivity index (χ0) is 24.8. The van der Waals surface area contributed by atoms with Crippen LogP contribution in [0.3, 0.4) is 0 Å². The Hall–Kier alpha value is -0.700. The summed E-state index contributed by atoms with van der Waals surface area (Å²) in [5.74, 6) is -1.42. The van der Waals surface area contributed by atoms with Gasteiger partial charge >= 0.3 is 35.5 Å². The molecule has 7 atom stereocenters. The average molecular weight is 489 g/mol. The number of unbranched alkanes of at least 4 members (excludes halogenated alkanes) is 1. The Morgan fingerprint density at radius 1 is 1.26 bits per heavy atom. The van der Waals surface area contributed by atoms with Crippen molar-refractivity contribution in [2.75, 3.05) is 0 Å². The van der Waals surface area contributed by atoms with Gasteiger partial charge in [0.2, 0.25) is 0 Å². The quantitative estimate of drug-likeness (QED) is 0.244. The number of ether oxygens (including phenoxy) is 1. The molecule has 0 spiro atoms. The van der Waals surface area contributed by atoms with Crippen LogP contribution in [0.5, 0.6) is 0 Å². The summed E-state index contributed by atoms with van der Waals surface area (Å²) in [4.78, 5) is 23.7.